The highest BCUT2D eigenvalue weighted by Crippen LogP contribution is 2.25. The third-order valence-electron chi connectivity index (χ3n) is 4.52. The van der Waals surface area contributed by atoms with Gasteiger partial charge in [0.25, 0.3) is 0 Å². The van der Waals surface area contributed by atoms with Gasteiger partial charge in [-0.2, -0.15) is 4.31 Å². The highest BCUT2D eigenvalue weighted by Gasteiger charge is 2.27. The molecule has 2 aromatic rings. The van der Waals surface area contributed by atoms with Crippen LogP contribution >= 0.6 is 0 Å². The first-order valence-corrected chi connectivity index (χ1v) is 11.2. The first kappa shape index (κ1) is 24.0. The Kier molecular flexibility index (Phi) is 8.17. The summed E-state index contributed by atoms with van der Waals surface area (Å²) in [4.78, 5) is 15.8. The third-order valence-corrected chi connectivity index (χ3v) is 6.38. The van der Waals surface area contributed by atoms with Crippen molar-refractivity contribution in [3.8, 4) is 0 Å². The quantitative estimate of drug-likeness (QED) is 0.414. The van der Waals surface area contributed by atoms with E-state index in [9.17, 15) is 13.2 Å². The number of hydrogen-bond donors (Lipinski definition) is 0. The number of nitrogens with zero attached hydrogens (tertiary/aromatic N) is 2. The average Bonchev–Trinajstić information content (AvgIpc) is 3.17. The number of carbonyl (C=O) groups excluding carboxylic acids is 1. The molecule has 2 rings (SSSR count). The van der Waals surface area contributed by atoms with Gasteiger partial charge in [-0.25, -0.2) is 18.2 Å². The molecule has 1 heterocycles. The van der Waals surface area contributed by atoms with Crippen molar-refractivity contribution in [2.24, 2.45) is 0 Å². The maximum Gasteiger partial charge on any atom is 0.360 e. The Labute approximate surface area is 178 Å². The maximum atomic E-state index is 13.3. The standard InChI is InChI=1S/C21H30N2O6S/c1-6-28-13-7-12-23(14-19-22-18(15-29-19)20(24)27-5)30(25,26)17-10-8-16(9-11-17)21(2,3)4/h8-11,15H,6-7,12-14H2,1-5H3. The van der Waals surface area contributed by atoms with Crippen LogP contribution in [0, 0.1) is 0 Å². The minimum atomic E-state index is -3.80. The van der Waals surface area contributed by atoms with Gasteiger partial charge in [-0.15, -0.1) is 0 Å². The van der Waals surface area contributed by atoms with Crippen LogP contribution in [0.4, 0.5) is 0 Å². The van der Waals surface area contributed by atoms with Gasteiger partial charge in [0.1, 0.15) is 6.26 Å². The minimum absolute atomic E-state index is 0.00584. The van der Waals surface area contributed by atoms with E-state index in [2.05, 4.69) is 30.5 Å². The molecule has 9 heteroatoms. The SMILES string of the molecule is CCOCCCN(Cc1nc(C(=O)OC)co1)S(=O)(=O)c1ccc(C(C)(C)C)cc1. The largest absolute Gasteiger partial charge is 0.464 e. The van der Waals surface area contributed by atoms with Crippen LogP contribution in [0.5, 0.6) is 0 Å². The van der Waals surface area contributed by atoms with Crippen LogP contribution < -0.4 is 0 Å². The van der Waals surface area contributed by atoms with Crippen LogP contribution in [0.3, 0.4) is 0 Å². The van der Waals surface area contributed by atoms with Crippen molar-refractivity contribution in [3.63, 3.8) is 0 Å². The number of methoxy groups -OCH3 is 1. The lowest BCUT2D eigenvalue weighted by Gasteiger charge is -2.22. The van der Waals surface area contributed by atoms with Crippen molar-refractivity contribution in [2.45, 2.75) is 51.0 Å². The van der Waals surface area contributed by atoms with Crippen LogP contribution in [0.15, 0.2) is 39.8 Å². The van der Waals surface area contributed by atoms with Gasteiger partial charge >= 0.3 is 5.97 Å². The molecule has 0 atom stereocenters. The Balaban J connectivity index is 2.27. The van der Waals surface area contributed by atoms with Crippen molar-refractivity contribution < 1.29 is 27.1 Å². The molecule has 0 saturated heterocycles. The molecule has 0 radical (unpaired) electrons. The smallest absolute Gasteiger partial charge is 0.360 e. The maximum absolute atomic E-state index is 13.3. The second kappa shape index (κ2) is 10.2. The zero-order valence-corrected chi connectivity index (χ0v) is 19.0. The summed E-state index contributed by atoms with van der Waals surface area (Å²) < 4.78 is 43.1. The predicted molar refractivity (Wildman–Crippen MR) is 112 cm³/mol. The van der Waals surface area contributed by atoms with Crippen molar-refractivity contribution in [1.29, 1.82) is 0 Å². The molecule has 0 aliphatic heterocycles. The highest BCUT2D eigenvalue weighted by molar-refractivity contribution is 7.89. The van der Waals surface area contributed by atoms with E-state index in [1.807, 2.05) is 19.1 Å². The number of sulfonamides is 1. The van der Waals surface area contributed by atoms with E-state index < -0.39 is 16.0 Å². The van der Waals surface area contributed by atoms with Gasteiger partial charge in [0.2, 0.25) is 15.9 Å². The monoisotopic (exact) mass is 438 g/mol. The van der Waals surface area contributed by atoms with Gasteiger partial charge in [-0.05, 0) is 36.5 Å². The highest BCUT2D eigenvalue weighted by atomic mass is 32.2. The number of hydrogen-bond acceptors (Lipinski definition) is 7. The van der Waals surface area contributed by atoms with E-state index in [4.69, 9.17) is 9.15 Å². The number of benzene rings is 1. The Hall–Kier alpha value is -2.23. The molecule has 0 amide bonds. The number of rotatable bonds is 10. The summed E-state index contributed by atoms with van der Waals surface area (Å²) >= 11 is 0. The summed E-state index contributed by atoms with van der Waals surface area (Å²) in [5.74, 6) is -0.532. The number of esters is 1. The first-order chi connectivity index (χ1) is 14.1. The summed E-state index contributed by atoms with van der Waals surface area (Å²) in [5.41, 5.74) is 0.954. The minimum Gasteiger partial charge on any atom is -0.464 e. The van der Waals surface area contributed by atoms with Crippen molar-refractivity contribution in [3.05, 3.63) is 47.7 Å². The predicted octanol–water partition coefficient (Wildman–Crippen LogP) is 3.38. The van der Waals surface area contributed by atoms with Gasteiger partial charge in [-0.3, -0.25) is 0 Å². The zero-order chi connectivity index (χ0) is 22.4. The van der Waals surface area contributed by atoms with Gasteiger partial charge in [0.15, 0.2) is 5.69 Å². The van der Waals surface area contributed by atoms with E-state index in [0.717, 1.165) is 11.8 Å². The Morgan fingerprint density at radius 1 is 1.20 bits per heavy atom. The van der Waals surface area contributed by atoms with Gasteiger partial charge in [0.05, 0.1) is 18.6 Å². The molecule has 8 nitrogen and oxygen atoms in total. The van der Waals surface area contributed by atoms with Crippen molar-refractivity contribution in [2.75, 3.05) is 26.9 Å². The molecular weight excluding hydrogens is 408 g/mol. The number of carbonyl (C=O) groups is 1. The molecule has 0 aliphatic rings. The van der Waals surface area contributed by atoms with Crippen LogP contribution in [0.1, 0.15) is 56.1 Å². The van der Waals surface area contributed by atoms with Crippen molar-refractivity contribution >= 4 is 16.0 Å². The number of ether oxygens (including phenoxy) is 2. The van der Waals surface area contributed by atoms with Gasteiger partial charge < -0.3 is 13.9 Å². The second-order valence-electron chi connectivity index (χ2n) is 7.78. The summed E-state index contributed by atoms with van der Waals surface area (Å²) in [7, 11) is -2.57. The molecule has 1 aromatic carbocycles. The summed E-state index contributed by atoms with van der Waals surface area (Å²) in [6.07, 6.45) is 1.67. The molecule has 166 valence electrons. The summed E-state index contributed by atoms with van der Waals surface area (Å²) in [6, 6.07) is 6.87. The fourth-order valence-electron chi connectivity index (χ4n) is 2.78. The molecule has 1 aromatic heterocycles. The molecule has 0 spiro atoms. The fraction of sp³-hybridized carbons (Fsp3) is 0.524. The van der Waals surface area contributed by atoms with E-state index in [-0.39, 0.29) is 35.0 Å². The number of aromatic nitrogens is 1. The fourth-order valence-corrected chi connectivity index (χ4v) is 4.21. The summed E-state index contributed by atoms with van der Waals surface area (Å²) in [5, 5.41) is 0. The first-order valence-electron chi connectivity index (χ1n) is 9.80. The average molecular weight is 439 g/mol. The molecule has 0 fully saturated rings. The van der Waals surface area contributed by atoms with E-state index >= 15 is 0 Å². The topological polar surface area (TPSA) is 98.9 Å². The second-order valence-corrected chi connectivity index (χ2v) is 9.72. The third kappa shape index (κ3) is 6.13. The lowest BCUT2D eigenvalue weighted by molar-refractivity contribution is 0.0594. The molecule has 0 bridgehead atoms. The van der Waals surface area contributed by atoms with Crippen LogP contribution in [0.25, 0.3) is 0 Å². The van der Waals surface area contributed by atoms with E-state index in [0.29, 0.717) is 19.6 Å². The lowest BCUT2D eigenvalue weighted by Crippen LogP contribution is -2.32. The molecule has 30 heavy (non-hydrogen) atoms. The Morgan fingerprint density at radius 3 is 2.43 bits per heavy atom. The van der Waals surface area contributed by atoms with Gasteiger partial charge in [0, 0.05) is 19.8 Å². The van der Waals surface area contributed by atoms with Crippen LogP contribution in [0.2, 0.25) is 0 Å². The van der Waals surface area contributed by atoms with E-state index in [1.54, 1.807) is 12.1 Å². The Bertz CT molecular complexity index is 929. The normalized spacial score (nSPS) is 12.3. The molecule has 0 aliphatic carbocycles. The van der Waals surface area contributed by atoms with E-state index in [1.165, 1.54) is 11.4 Å². The van der Waals surface area contributed by atoms with Crippen LogP contribution in [-0.2, 0) is 31.5 Å². The molecule has 0 saturated carbocycles. The summed E-state index contributed by atoms with van der Waals surface area (Å²) in [6.45, 7) is 9.19. The zero-order valence-electron chi connectivity index (χ0n) is 18.2. The molecular formula is C21H30N2O6S. The van der Waals surface area contributed by atoms with Crippen molar-refractivity contribution in [1.82, 2.24) is 9.29 Å². The van der Waals surface area contributed by atoms with Crippen LogP contribution in [-0.4, -0.2) is 50.5 Å². The number of oxazole rings is 1. The lowest BCUT2D eigenvalue weighted by atomic mass is 9.87. The molecule has 0 unspecified atom stereocenters. The Morgan fingerprint density at radius 2 is 1.87 bits per heavy atom. The molecule has 0 N–H and O–H groups in total. The van der Waals surface area contributed by atoms with Gasteiger partial charge in [-0.1, -0.05) is 32.9 Å².